The third-order valence-electron chi connectivity index (χ3n) is 2.74. The van der Waals surface area contributed by atoms with Gasteiger partial charge in [0, 0.05) is 5.69 Å². The van der Waals surface area contributed by atoms with Crippen LogP contribution in [0.15, 0.2) is 36.7 Å². The highest BCUT2D eigenvalue weighted by Gasteiger charge is 2.12. The molecule has 1 amide bonds. The van der Waals surface area contributed by atoms with E-state index in [-0.39, 0.29) is 18.3 Å². The van der Waals surface area contributed by atoms with Crippen molar-refractivity contribution in [1.82, 2.24) is 15.0 Å². The quantitative estimate of drug-likeness (QED) is 0.880. The molecule has 0 saturated heterocycles. The van der Waals surface area contributed by atoms with Crippen molar-refractivity contribution in [3.8, 4) is 5.69 Å². The van der Waals surface area contributed by atoms with Gasteiger partial charge in [-0.05, 0) is 24.6 Å². The standard InChI is InChI=1S/C13H17N5O.ClH/c1-2-4-12(14)13(19)16-10-5-3-6-11(9-10)18-8-7-15-17-18;/h3,5-9,12H,2,4,14H2,1H3,(H,16,19);1H. The molecule has 0 fully saturated rings. The van der Waals surface area contributed by atoms with Gasteiger partial charge in [-0.15, -0.1) is 17.5 Å². The van der Waals surface area contributed by atoms with Crippen LogP contribution < -0.4 is 11.1 Å². The van der Waals surface area contributed by atoms with Gasteiger partial charge in [0.2, 0.25) is 5.91 Å². The maximum atomic E-state index is 11.8. The fourth-order valence-corrected chi connectivity index (χ4v) is 1.75. The molecule has 0 aliphatic heterocycles. The van der Waals surface area contributed by atoms with Crippen LogP contribution in [0.2, 0.25) is 0 Å². The number of nitrogens with one attached hydrogen (secondary N) is 1. The molecule has 2 rings (SSSR count). The molecule has 0 saturated carbocycles. The fourth-order valence-electron chi connectivity index (χ4n) is 1.75. The van der Waals surface area contributed by atoms with Gasteiger partial charge in [-0.2, -0.15) is 0 Å². The largest absolute Gasteiger partial charge is 0.325 e. The van der Waals surface area contributed by atoms with Gasteiger partial charge in [0.1, 0.15) is 0 Å². The van der Waals surface area contributed by atoms with E-state index in [0.29, 0.717) is 12.1 Å². The zero-order valence-corrected chi connectivity index (χ0v) is 12.0. The molecule has 20 heavy (non-hydrogen) atoms. The molecule has 1 heterocycles. The predicted octanol–water partition coefficient (Wildman–Crippen LogP) is 1.75. The Balaban J connectivity index is 0.00000200. The number of amides is 1. The Morgan fingerprint density at radius 1 is 1.50 bits per heavy atom. The van der Waals surface area contributed by atoms with Crippen molar-refractivity contribution in [3.05, 3.63) is 36.7 Å². The van der Waals surface area contributed by atoms with E-state index in [2.05, 4.69) is 15.6 Å². The minimum absolute atomic E-state index is 0. The van der Waals surface area contributed by atoms with Gasteiger partial charge < -0.3 is 11.1 Å². The number of aromatic nitrogens is 3. The molecule has 0 radical (unpaired) electrons. The second-order valence-corrected chi connectivity index (χ2v) is 4.28. The number of nitrogens with zero attached hydrogens (tertiary/aromatic N) is 3. The van der Waals surface area contributed by atoms with Crippen LogP contribution in [0.5, 0.6) is 0 Å². The SMILES string of the molecule is CCCC(N)C(=O)Nc1cccc(-n2ccnn2)c1.Cl. The zero-order chi connectivity index (χ0) is 13.7. The van der Waals surface area contributed by atoms with Gasteiger partial charge in [-0.25, -0.2) is 4.68 Å². The third-order valence-corrected chi connectivity index (χ3v) is 2.74. The molecule has 108 valence electrons. The van der Waals surface area contributed by atoms with Crippen molar-refractivity contribution in [1.29, 1.82) is 0 Å². The minimum atomic E-state index is -0.472. The van der Waals surface area contributed by atoms with Crippen molar-refractivity contribution in [2.45, 2.75) is 25.8 Å². The number of anilines is 1. The topological polar surface area (TPSA) is 85.8 Å². The highest BCUT2D eigenvalue weighted by atomic mass is 35.5. The van der Waals surface area contributed by atoms with Crippen LogP contribution >= 0.6 is 12.4 Å². The van der Waals surface area contributed by atoms with Crippen molar-refractivity contribution >= 4 is 24.0 Å². The van der Waals surface area contributed by atoms with E-state index in [1.807, 2.05) is 31.2 Å². The summed E-state index contributed by atoms with van der Waals surface area (Å²) >= 11 is 0. The molecule has 0 aliphatic carbocycles. The average Bonchev–Trinajstić information content (AvgIpc) is 2.93. The molecular formula is C13H18ClN5O. The fraction of sp³-hybridized carbons (Fsp3) is 0.308. The highest BCUT2D eigenvalue weighted by molar-refractivity contribution is 5.94. The first kappa shape index (κ1) is 16.1. The van der Waals surface area contributed by atoms with Crippen molar-refractivity contribution in [3.63, 3.8) is 0 Å². The van der Waals surface area contributed by atoms with E-state index >= 15 is 0 Å². The zero-order valence-electron chi connectivity index (χ0n) is 11.2. The predicted molar refractivity (Wildman–Crippen MR) is 80.1 cm³/mol. The van der Waals surface area contributed by atoms with Gasteiger partial charge >= 0.3 is 0 Å². The van der Waals surface area contributed by atoms with Crippen LogP contribution in [-0.2, 0) is 4.79 Å². The highest BCUT2D eigenvalue weighted by Crippen LogP contribution is 2.14. The van der Waals surface area contributed by atoms with E-state index in [1.54, 1.807) is 17.1 Å². The summed E-state index contributed by atoms with van der Waals surface area (Å²) in [4.78, 5) is 11.8. The average molecular weight is 296 g/mol. The lowest BCUT2D eigenvalue weighted by atomic mass is 10.1. The first-order valence-corrected chi connectivity index (χ1v) is 6.24. The molecule has 0 aliphatic rings. The summed E-state index contributed by atoms with van der Waals surface area (Å²) in [7, 11) is 0. The summed E-state index contributed by atoms with van der Waals surface area (Å²) < 4.78 is 1.63. The third kappa shape index (κ3) is 4.04. The Morgan fingerprint density at radius 2 is 2.30 bits per heavy atom. The minimum Gasteiger partial charge on any atom is -0.325 e. The molecule has 7 heteroatoms. The molecule has 0 spiro atoms. The summed E-state index contributed by atoms with van der Waals surface area (Å²) in [6.45, 7) is 2.00. The number of carbonyl (C=O) groups is 1. The first-order chi connectivity index (χ1) is 9.20. The smallest absolute Gasteiger partial charge is 0.241 e. The molecule has 0 bridgehead atoms. The van der Waals surface area contributed by atoms with Crippen LogP contribution in [0.4, 0.5) is 5.69 Å². The number of carbonyl (C=O) groups excluding carboxylic acids is 1. The number of rotatable bonds is 5. The Labute approximate surface area is 123 Å². The lowest BCUT2D eigenvalue weighted by Gasteiger charge is -2.11. The summed E-state index contributed by atoms with van der Waals surface area (Å²) in [6.07, 6.45) is 4.90. The van der Waals surface area contributed by atoms with Crippen LogP contribution in [-0.4, -0.2) is 26.9 Å². The van der Waals surface area contributed by atoms with Crippen LogP contribution in [0, 0.1) is 0 Å². The summed E-state index contributed by atoms with van der Waals surface area (Å²) in [5.74, 6) is -0.169. The normalized spacial score (nSPS) is 11.5. The maximum Gasteiger partial charge on any atom is 0.241 e. The van der Waals surface area contributed by atoms with Gasteiger partial charge in [0.25, 0.3) is 0 Å². The monoisotopic (exact) mass is 295 g/mol. The van der Waals surface area contributed by atoms with Gasteiger partial charge in [-0.1, -0.05) is 24.6 Å². The van der Waals surface area contributed by atoms with E-state index < -0.39 is 6.04 Å². The second kappa shape index (κ2) is 7.62. The molecule has 1 aromatic carbocycles. The van der Waals surface area contributed by atoms with E-state index in [1.165, 1.54) is 0 Å². The number of halogens is 1. The Morgan fingerprint density at radius 3 is 2.95 bits per heavy atom. The van der Waals surface area contributed by atoms with Crippen molar-refractivity contribution < 1.29 is 4.79 Å². The van der Waals surface area contributed by atoms with Gasteiger partial charge in [-0.3, -0.25) is 4.79 Å². The Kier molecular flexibility index (Phi) is 6.14. The van der Waals surface area contributed by atoms with E-state index in [9.17, 15) is 4.79 Å². The van der Waals surface area contributed by atoms with Crippen molar-refractivity contribution in [2.24, 2.45) is 5.73 Å². The Bertz CT molecular complexity index is 543. The number of hydrogen-bond donors (Lipinski definition) is 2. The summed E-state index contributed by atoms with van der Waals surface area (Å²) in [5.41, 5.74) is 7.30. The van der Waals surface area contributed by atoms with Crippen LogP contribution in [0.1, 0.15) is 19.8 Å². The first-order valence-electron chi connectivity index (χ1n) is 6.24. The van der Waals surface area contributed by atoms with Crippen LogP contribution in [0.25, 0.3) is 5.69 Å². The van der Waals surface area contributed by atoms with Crippen molar-refractivity contribution in [2.75, 3.05) is 5.32 Å². The lowest BCUT2D eigenvalue weighted by Crippen LogP contribution is -2.35. The second-order valence-electron chi connectivity index (χ2n) is 4.28. The summed E-state index contributed by atoms with van der Waals surface area (Å²) in [6, 6.07) is 6.90. The molecular weight excluding hydrogens is 278 g/mol. The van der Waals surface area contributed by atoms with Gasteiger partial charge in [0.15, 0.2) is 0 Å². The number of benzene rings is 1. The van der Waals surface area contributed by atoms with E-state index in [4.69, 9.17) is 5.73 Å². The lowest BCUT2D eigenvalue weighted by molar-refractivity contribution is -0.117. The molecule has 6 nitrogen and oxygen atoms in total. The Hall–Kier alpha value is -1.92. The molecule has 3 N–H and O–H groups in total. The number of nitrogens with two attached hydrogens (primary N) is 1. The summed E-state index contributed by atoms with van der Waals surface area (Å²) in [5, 5.41) is 10.5. The number of hydrogen-bond acceptors (Lipinski definition) is 4. The molecule has 2 aromatic rings. The molecule has 1 aromatic heterocycles. The maximum absolute atomic E-state index is 11.8. The molecule has 1 unspecified atom stereocenters. The molecule has 1 atom stereocenters. The van der Waals surface area contributed by atoms with Gasteiger partial charge in [0.05, 0.1) is 24.1 Å². The van der Waals surface area contributed by atoms with Crippen LogP contribution in [0.3, 0.4) is 0 Å². The van der Waals surface area contributed by atoms with E-state index in [0.717, 1.165) is 12.1 Å².